The summed E-state index contributed by atoms with van der Waals surface area (Å²) in [6, 6.07) is 3.62. The number of carbonyl (C=O) groups is 1. The molecule has 0 radical (unpaired) electrons. The average molecular weight is 371 g/mol. The van der Waals surface area contributed by atoms with E-state index in [0.717, 1.165) is 30.8 Å². The van der Waals surface area contributed by atoms with Crippen molar-refractivity contribution < 1.29 is 4.79 Å². The summed E-state index contributed by atoms with van der Waals surface area (Å²) in [5.74, 6) is 1.39. The van der Waals surface area contributed by atoms with Crippen LogP contribution in [0.4, 0.5) is 5.82 Å². The first kappa shape index (κ1) is 20.5. The van der Waals surface area contributed by atoms with Gasteiger partial charge in [-0.2, -0.15) is 4.52 Å². The van der Waals surface area contributed by atoms with Crippen LogP contribution in [-0.4, -0.2) is 49.4 Å². The largest absolute Gasteiger partial charge is 0.402 e. The molecule has 0 unspecified atom stereocenters. The number of rotatable bonds is 8. The normalized spacial score (nSPS) is 13.0. The van der Waals surface area contributed by atoms with Crippen LogP contribution in [0.2, 0.25) is 0 Å². The van der Waals surface area contributed by atoms with Crippen LogP contribution >= 0.6 is 0 Å². The molecule has 2 rings (SSSR count). The van der Waals surface area contributed by atoms with E-state index in [9.17, 15) is 4.79 Å². The van der Waals surface area contributed by atoms with Crippen molar-refractivity contribution in [2.75, 3.05) is 13.1 Å². The van der Waals surface area contributed by atoms with Crippen molar-refractivity contribution in [1.82, 2.24) is 24.7 Å². The predicted molar refractivity (Wildman–Crippen MR) is 107 cm³/mol. The smallest absolute Gasteiger partial charge is 0.222 e. The average Bonchev–Trinajstić information content (AvgIpc) is 3.00. The Hall–Kier alpha value is -2.77. The molecule has 2 heterocycles. The standard InChI is InChI=1S/C19H29N7O/c1-6-12-25(7-2)19(27)11-8-16(13(3)20)14(4)21-17-9-10-18-23-22-15(5)26(18)24-17/h9-10H,6-8,11-12,20H2,1-5H3/b16-13-,21-14?. The maximum absolute atomic E-state index is 12.4. The molecule has 1 amide bonds. The molecule has 2 aromatic heterocycles. The maximum atomic E-state index is 12.4. The first-order valence-corrected chi connectivity index (χ1v) is 9.35. The second-order valence-corrected chi connectivity index (χ2v) is 6.54. The minimum absolute atomic E-state index is 0.144. The number of nitrogens with two attached hydrogens (primary N) is 1. The molecule has 0 aliphatic carbocycles. The first-order chi connectivity index (χ1) is 12.9. The molecule has 0 saturated carbocycles. The highest BCUT2D eigenvalue weighted by molar-refractivity contribution is 6.00. The van der Waals surface area contributed by atoms with Crippen molar-refractivity contribution >= 4 is 23.1 Å². The lowest BCUT2D eigenvalue weighted by atomic mass is 10.0. The summed E-state index contributed by atoms with van der Waals surface area (Å²) in [4.78, 5) is 18.9. The SMILES string of the molecule is CCCN(CC)C(=O)CC/C(C(C)=Nc1ccc2nnc(C)n2n1)=C(\C)N. The summed E-state index contributed by atoms with van der Waals surface area (Å²) < 4.78 is 1.65. The number of hydrogen-bond acceptors (Lipinski definition) is 6. The molecule has 0 spiro atoms. The van der Waals surface area contributed by atoms with Gasteiger partial charge in [-0.1, -0.05) is 6.92 Å². The molecule has 0 fully saturated rings. The Morgan fingerprint density at radius 3 is 2.59 bits per heavy atom. The van der Waals surface area contributed by atoms with Gasteiger partial charge in [-0.15, -0.1) is 15.3 Å². The monoisotopic (exact) mass is 371 g/mol. The lowest BCUT2D eigenvalue weighted by Crippen LogP contribution is -2.31. The van der Waals surface area contributed by atoms with E-state index in [1.54, 1.807) is 10.6 Å². The predicted octanol–water partition coefficient (Wildman–Crippen LogP) is 2.80. The fourth-order valence-electron chi connectivity index (χ4n) is 2.97. The zero-order valence-corrected chi connectivity index (χ0v) is 16.9. The lowest BCUT2D eigenvalue weighted by molar-refractivity contribution is -0.131. The Balaban J connectivity index is 2.17. The van der Waals surface area contributed by atoms with E-state index in [1.165, 1.54) is 0 Å². The van der Waals surface area contributed by atoms with Crippen LogP contribution in [0.25, 0.3) is 5.65 Å². The van der Waals surface area contributed by atoms with E-state index in [4.69, 9.17) is 5.73 Å². The Bertz CT molecular complexity index is 862. The number of aryl methyl sites for hydroxylation is 1. The molecule has 2 aromatic rings. The van der Waals surface area contributed by atoms with Crippen LogP contribution < -0.4 is 5.73 Å². The molecule has 0 aliphatic heterocycles. The Kier molecular flexibility index (Phi) is 7.04. The van der Waals surface area contributed by atoms with Gasteiger partial charge in [-0.25, -0.2) is 4.99 Å². The van der Waals surface area contributed by atoms with Gasteiger partial charge in [0.05, 0.1) is 0 Å². The number of fused-ring (bicyclic) bond motifs is 1. The van der Waals surface area contributed by atoms with Crippen molar-refractivity contribution in [3.05, 3.63) is 29.2 Å². The number of aromatic nitrogens is 4. The number of carbonyl (C=O) groups excluding carboxylic acids is 1. The van der Waals surface area contributed by atoms with Crippen LogP contribution in [0.1, 0.15) is 52.8 Å². The molecule has 0 aromatic carbocycles. The van der Waals surface area contributed by atoms with Gasteiger partial charge in [-0.05, 0) is 58.2 Å². The highest BCUT2D eigenvalue weighted by Crippen LogP contribution is 2.17. The molecule has 0 atom stereocenters. The third kappa shape index (κ3) is 5.12. The fraction of sp³-hybridized carbons (Fsp3) is 0.526. The molecule has 8 nitrogen and oxygen atoms in total. The summed E-state index contributed by atoms with van der Waals surface area (Å²) in [6.45, 7) is 11.1. The van der Waals surface area contributed by atoms with Crippen LogP contribution in [0.15, 0.2) is 28.4 Å². The third-order valence-electron chi connectivity index (χ3n) is 4.42. The van der Waals surface area contributed by atoms with Crippen LogP contribution in [-0.2, 0) is 4.79 Å². The Morgan fingerprint density at radius 2 is 1.96 bits per heavy atom. The highest BCUT2D eigenvalue weighted by atomic mass is 16.2. The molecule has 27 heavy (non-hydrogen) atoms. The van der Waals surface area contributed by atoms with E-state index in [0.29, 0.717) is 35.8 Å². The van der Waals surface area contributed by atoms with Crippen LogP contribution in [0.5, 0.6) is 0 Å². The molecule has 0 aliphatic rings. The van der Waals surface area contributed by atoms with Gasteiger partial charge >= 0.3 is 0 Å². The summed E-state index contributed by atoms with van der Waals surface area (Å²) in [5, 5.41) is 12.5. The number of nitrogens with zero attached hydrogens (tertiary/aromatic N) is 6. The molecular formula is C19H29N7O. The van der Waals surface area contributed by atoms with Gasteiger partial charge < -0.3 is 10.6 Å². The summed E-state index contributed by atoms with van der Waals surface area (Å²) >= 11 is 0. The van der Waals surface area contributed by atoms with Crippen molar-refractivity contribution in [3.8, 4) is 0 Å². The van der Waals surface area contributed by atoms with E-state index < -0.39 is 0 Å². The highest BCUT2D eigenvalue weighted by Gasteiger charge is 2.14. The quantitative estimate of drug-likeness (QED) is 0.719. The Labute approximate surface area is 160 Å². The number of amides is 1. The first-order valence-electron chi connectivity index (χ1n) is 9.35. The summed E-state index contributed by atoms with van der Waals surface area (Å²) in [5.41, 5.74) is 9.07. The van der Waals surface area contributed by atoms with E-state index in [2.05, 4.69) is 27.2 Å². The second kappa shape index (κ2) is 9.25. The van der Waals surface area contributed by atoms with Gasteiger partial charge in [0, 0.05) is 30.9 Å². The molecule has 0 saturated heterocycles. The molecular weight excluding hydrogens is 342 g/mol. The van der Waals surface area contributed by atoms with Crippen molar-refractivity contribution in [3.63, 3.8) is 0 Å². The van der Waals surface area contributed by atoms with Gasteiger partial charge in [0.15, 0.2) is 17.3 Å². The van der Waals surface area contributed by atoms with Crippen LogP contribution in [0, 0.1) is 6.92 Å². The minimum Gasteiger partial charge on any atom is -0.402 e. The van der Waals surface area contributed by atoms with Gasteiger partial charge in [0.2, 0.25) is 5.91 Å². The van der Waals surface area contributed by atoms with Gasteiger partial charge in [-0.3, -0.25) is 4.79 Å². The molecule has 2 N–H and O–H groups in total. The van der Waals surface area contributed by atoms with Crippen molar-refractivity contribution in [2.45, 2.75) is 53.9 Å². The fourth-order valence-corrected chi connectivity index (χ4v) is 2.97. The topological polar surface area (TPSA) is 102 Å². The second-order valence-electron chi connectivity index (χ2n) is 6.54. The summed E-state index contributed by atoms with van der Waals surface area (Å²) in [6.07, 6.45) is 1.93. The molecule has 8 heteroatoms. The van der Waals surface area contributed by atoms with E-state index in [1.807, 2.05) is 38.7 Å². The zero-order chi connectivity index (χ0) is 20.0. The van der Waals surface area contributed by atoms with Gasteiger partial charge in [0.1, 0.15) is 0 Å². The van der Waals surface area contributed by atoms with Crippen molar-refractivity contribution in [1.29, 1.82) is 0 Å². The third-order valence-corrected chi connectivity index (χ3v) is 4.42. The van der Waals surface area contributed by atoms with Crippen LogP contribution in [0.3, 0.4) is 0 Å². The number of hydrogen-bond donors (Lipinski definition) is 1. The number of allylic oxidation sites excluding steroid dienone is 2. The van der Waals surface area contributed by atoms with E-state index in [-0.39, 0.29) is 5.91 Å². The van der Waals surface area contributed by atoms with Gasteiger partial charge in [0.25, 0.3) is 0 Å². The van der Waals surface area contributed by atoms with E-state index >= 15 is 0 Å². The number of aliphatic imine (C=N–C) groups is 1. The zero-order valence-electron chi connectivity index (χ0n) is 16.9. The maximum Gasteiger partial charge on any atom is 0.222 e. The molecule has 146 valence electrons. The lowest BCUT2D eigenvalue weighted by Gasteiger charge is -2.20. The minimum atomic E-state index is 0.144. The Morgan fingerprint density at radius 1 is 1.22 bits per heavy atom. The van der Waals surface area contributed by atoms with Crippen molar-refractivity contribution in [2.24, 2.45) is 10.7 Å². The summed E-state index contributed by atoms with van der Waals surface area (Å²) in [7, 11) is 0. The molecule has 0 bridgehead atoms.